The molecule has 0 unspecified atom stereocenters. The molecule has 0 fully saturated rings. The van der Waals surface area contributed by atoms with Crippen LogP contribution in [0.2, 0.25) is 0 Å². The van der Waals surface area contributed by atoms with Crippen LogP contribution in [-0.4, -0.2) is 5.10 Å². The van der Waals surface area contributed by atoms with E-state index in [2.05, 4.69) is 5.10 Å². The van der Waals surface area contributed by atoms with Crippen LogP contribution in [-0.2, 0) is 0 Å². The molecule has 3 aromatic rings. The fourth-order valence-corrected chi connectivity index (χ4v) is 2.05. The van der Waals surface area contributed by atoms with Gasteiger partial charge in [0.15, 0.2) is 0 Å². The number of nitrogen functional groups attached to an aromatic ring is 1. The molecular weight excluding hydrogens is 250 g/mol. The van der Waals surface area contributed by atoms with Gasteiger partial charge in [-0.25, -0.2) is 0 Å². The zero-order valence-electron chi connectivity index (χ0n) is 9.46. The van der Waals surface area contributed by atoms with Crippen molar-refractivity contribution in [1.29, 1.82) is 0 Å². The molecule has 0 bridgehead atoms. The predicted molar refractivity (Wildman–Crippen MR) is 74.4 cm³/mol. The summed E-state index contributed by atoms with van der Waals surface area (Å²) in [6.07, 6.45) is 1.62. The fraction of sp³-hybridized carbons (Fsp3) is 0. The van der Waals surface area contributed by atoms with E-state index in [1.807, 2.05) is 36.4 Å². The molecule has 0 aliphatic heterocycles. The molecule has 0 saturated heterocycles. The molecule has 0 aliphatic rings. The molecule has 2 aromatic carbocycles. The lowest BCUT2D eigenvalue weighted by molar-refractivity contribution is -0.653. The van der Waals surface area contributed by atoms with Crippen molar-refractivity contribution in [3.05, 3.63) is 53.9 Å². The van der Waals surface area contributed by atoms with Gasteiger partial charge in [0.05, 0.1) is 11.8 Å². The zero-order valence-corrected chi connectivity index (χ0v) is 10.3. The molecule has 4 nitrogen and oxygen atoms in total. The Balaban J connectivity index is 0.00000120. The summed E-state index contributed by atoms with van der Waals surface area (Å²) in [5.41, 5.74) is 7.98. The topological polar surface area (TPSA) is 68.8 Å². The summed E-state index contributed by atoms with van der Waals surface area (Å²) in [5, 5.41) is 16.2. The summed E-state index contributed by atoms with van der Waals surface area (Å²) in [5.74, 6) is 0. The number of hydrogen-bond donors (Lipinski definition) is 2. The zero-order chi connectivity index (χ0) is 11.8. The van der Waals surface area contributed by atoms with E-state index in [1.54, 1.807) is 12.3 Å². The highest BCUT2D eigenvalue weighted by Crippen LogP contribution is 2.27. The number of nitrogens with two attached hydrogens (primary N) is 1. The van der Waals surface area contributed by atoms with Crippen molar-refractivity contribution in [2.24, 2.45) is 0 Å². The second-order valence-corrected chi connectivity index (χ2v) is 3.93. The van der Waals surface area contributed by atoms with Gasteiger partial charge >= 0.3 is 0 Å². The highest BCUT2D eigenvalue weighted by Gasteiger charge is 2.12. The fourth-order valence-electron chi connectivity index (χ4n) is 2.05. The quantitative estimate of drug-likeness (QED) is 0.401. The largest absolute Gasteiger partial charge is 0.596 e. The van der Waals surface area contributed by atoms with E-state index in [-0.39, 0.29) is 12.4 Å². The first-order valence-electron chi connectivity index (χ1n) is 5.31. The maximum atomic E-state index is 11.6. The van der Waals surface area contributed by atoms with Gasteiger partial charge in [-0.05, 0) is 29.0 Å². The maximum absolute atomic E-state index is 11.6. The van der Waals surface area contributed by atoms with E-state index >= 15 is 0 Å². The molecule has 3 N–H and O–H groups in total. The Bertz CT molecular complexity index is 694. The van der Waals surface area contributed by atoms with Crippen LogP contribution in [0.4, 0.5) is 5.69 Å². The minimum absolute atomic E-state index is 0. The summed E-state index contributed by atoms with van der Waals surface area (Å²) in [6.45, 7) is 0. The molecule has 1 heterocycles. The van der Waals surface area contributed by atoms with Gasteiger partial charge in [0.25, 0.3) is 5.69 Å². The van der Waals surface area contributed by atoms with Crippen LogP contribution in [0.1, 0.15) is 0 Å². The number of nitrogens with zero attached hydrogens (tertiary/aromatic N) is 1. The number of H-pyrrole nitrogens is 1. The number of aromatic nitrogens is 2. The first-order valence-corrected chi connectivity index (χ1v) is 5.31. The molecule has 0 spiro atoms. The number of benzene rings is 2. The lowest BCUT2D eigenvalue weighted by atomic mass is 10.0. The van der Waals surface area contributed by atoms with Gasteiger partial charge in [-0.1, -0.05) is 23.0 Å². The summed E-state index contributed by atoms with van der Waals surface area (Å²) < 4.78 is 0. The summed E-state index contributed by atoms with van der Waals surface area (Å²) in [4.78, 5) is 0.755. The van der Waals surface area contributed by atoms with Crippen LogP contribution < -0.4 is 10.6 Å². The van der Waals surface area contributed by atoms with Crippen molar-refractivity contribution in [3.8, 4) is 11.3 Å². The van der Waals surface area contributed by atoms with Crippen molar-refractivity contribution >= 4 is 28.9 Å². The van der Waals surface area contributed by atoms with Gasteiger partial charge < -0.3 is 10.9 Å². The van der Waals surface area contributed by atoms with Gasteiger partial charge in [-0.2, -0.15) is 5.10 Å². The van der Waals surface area contributed by atoms with Crippen molar-refractivity contribution in [2.45, 2.75) is 0 Å². The molecule has 1 aromatic heterocycles. The van der Waals surface area contributed by atoms with Crippen LogP contribution in [0.15, 0.2) is 48.7 Å². The molecular formula is C13H12ClN3O. The molecule has 0 aliphatic carbocycles. The van der Waals surface area contributed by atoms with E-state index in [4.69, 9.17) is 5.73 Å². The van der Waals surface area contributed by atoms with Gasteiger partial charge in [0.1, 0.15) is 0 Å². The molecule has 18 heavy (non-hydrogen) atoms. The number of hydrogen-bond acceptors (Lipinski definition) is 2. The molecule has 0 amide bonds. The Hall–Kier alpha value is -2.20. The van der Waals surface area contributed by atoms with Crippen LogP contribution in [0.3, 0.4) is 0 Å². The van der Waals surface area contributed by atoms with Gasteiger partial charge in [0, 0.05) is 11.8 Å². The SMILES string of the molecule is Cl.Nc1ccc2c(-c3cc[nH][n+]3[O-])cccc2c1. The van der Waals surface area contributed by atoms with Crippen molar-refractivity contribution < 1.29 is 4.85 Å². The Kier molecular flexibility index (Phi) is 3.12. The maximum Gasteiger partial charge on any atom is 0.251 e. The van der Waals surface area contributed by atoms with Crippen molar-refractivity contribution in [2.75, 3.05) is 5.73 Å². The summed E-state index contributed by atoms with van der Waals surface area (Å²) >= 11 is 0. The minimum atomic E-state index is 0. The third kappa shape index (κ3) is 1.87. The lowest BCUT2D eigenvalue weighted by Gasteiger charge is -2.04. The molecule has 5 heteroatoms. The average Bonchev–Trinajstić information content (AvgIpc) is 2.74. The minimum Gasteiger partial charge on any atom is -0.596 e. The van der Waals surface area contributed by atoms with Crippen LogP contribution in [0.5, 0.6) is 0 Å². The Morgan fingerprint density at radius 1 is 1.11 bits per heavy atom. The highest BCUT2D eigenvalue weighted by atomic mass is 35.5. The van der Waals surface area contributed by atoms with Gasteiger partial charge in [-0.3, -0.25) is 0 Å². The summed E-state index contributed by atoms with van der Waals surface area (Å²) in [6, 6.07) is 13.3. The standard InChI is InChI=1S/C13H11N3O.ClH/c14-10-4-5-11-9(8-10)2-1-3-12(11)13-6-7-15-16(13)17;/h1-8,15H,14H2;1H. The van der Waals surface area contributed by atoms with Gasteiger partial charge in [0.2, 0.25) is 0 Å². The summed E-state index contributed by atoms with van der Waals surface area (Å²) in [7, 11) is 0. The van der Waals surface area contributed by atoms with Crippen molar-refractivity contribution in [1.82, 2.24) is 5.10 Å². The number of aromatic amines is 1. The number of fused-ring (bicyclic) bond motifs is 1. The molecule has 0 atom stereocenters. The average molecular weight is 262 g/mol. The normalized spacial score (nSPS) is 10.2. The van der Waals surface area contributed by atoms with Crippen LogP contribution >= 0.6 is 12.4 Å². The third-order valence-electron chi connectivity index (χ3n) is 2.83. The first-order chi connectivity index (χ1) is 8.25. The second-order valence-electron chi connectivity index (χ2n) is 3.93. The number of halogens is 1. The molecule has 92 valence electrons. The van der Waals surface area contributed by atoms with E-state index in [1.165, 1.54) is 0 Å². The van der Waals surface area contributed by atoms with E-state index in [9.17, 15) is 5.21 Å². The van der Waals surface area contributed by atoms with Gasteiger partial charge in [-0.15, -0.1) is 12.4 Å². The van der Waals surface area contributed by atoms with Crippen molar-refractivity contribution in [3.63, 3.8) is 0 Å². The molecule has 0 saturated carbocycles. The predicted octanol–water partition coefficient (Wildman–Crippen LogP) is 2.47. The number of rotatable bonds is 1. The van der Waals surface area contributed by atoms with E-state index in [0.717, 1.165) is 26.9 Å². The second kappa shape index (κ2) is 4.58. The number of nitrogens with one attached hydrogen (secondary N) is 1. The smallest absolute Gasteiger partial charge is 0.251 e. The van der Waals surface area contributed by atoms with E-state index in [0.29, 0.717) is 5.69 Å². The Morgan fingerprint density at radius 2 is 1.94 bits per heavy atom. The third-order valence-corrected chi connectivity index (χ3v) is 2.83. The molecule has 0 radical (unpaired) electrons. The van der Waals surface area contributed by atoms with Crippen LogP contribution in [0, 0.1) is 5.21 Å². The highest BCUT2D eigenvalue weighted by molar-refractivity contribution is 5.96. The first kappa shape index (κ1) is 12.3. The number of anilines is 1. The lowest BCUT2D eigenvalue weighted by Crippen LogP contribution is -2.29. The Labute approximate surface area is 110 Å². The monoisotopic (exact) mass is 261 g/mol. The van der Waals surface area contributed by atoms with E-state index < -0.39 is 0 Å². The molecule has 3 rings (SSSR count). The van der Waals surface area contributed by atoms with Crippen LogP contribution in [0.25, 0.3) is 22.0 Å². The Morgan fingerprint density at radius 3 is 2.67 bits per heavy atom.